The van der Waals surface area contributed by atoms with Gasteiger partial charge in [-0.05, 0) is 43.3 Å². The zero-order valence-corrected chi connectivity index (χ0v) is 20.8. The molecule has 3 nitrogen and oxygen atoms in total. The highest BCUT2D eigenvalue weighted by Gasteiger charge is 2.26. The molecule has 0 fully saturated rings. The van der Waals surface area contributed by atoms with Crippen molar-refractivity contribution in [3.63, 3.8) is 0 Å². The first-order valence-corrected chi connectivity index (χ1v) is 14.5. The number of aromatic nitrogens is 1. The van der Waals surface area contributed by atoms with Gasteiger partial charge in [0.25, 0.3) is 5.91 Å². The summed E-state index contributed by atoms with van der Waals surface area (Å²) in [6.45, 7) is 10.1. The lowest BCUT2D eigenvalue weighted by molar-refractivity contribution is -0.112. The Balaban J connectivity index is 1.49. The molecule has 0 aliphatic heterocycles. The Morgan fingerprint density at radius 1 is 0.735 bits per heavy atom. The molecule has 1 aromatic heterocycles. The molecule has 5 aromatic rings. The fraction of sp³-hybridized carbons (Fsp3) is 0.100. The zero-order valence-electron chi connectivity index (χ0n) is 19.8. The van der Waals surface area contributed by atoms with Gasteiger partial charge in [0.05, 0.1) is 11.0 Å². The van der Waals surface area contributed by atoms with Gasteiger partial charge in [-0.15, -0.1) is 0 Å². The highest BCUT2D eigenvalue weighted by molar-refractivity contribution is 7.00. The number of anilines is 1. The Kier molecular flexibility index (Phi) is 5.46. The van der Waals surface area contributed by atoms with Crippen LogP contribution in [0, 0.1) is 0 Å². The van der Waals surface area contributed by atoms with Crippen molar-refractivity contribution in [3.8, 4) is 5.69 Å². The molecule has 5 rings (SSSR count). The van der Waals surface area contributed by atoms with Gasteiger partial charge in [-0.1, -0.05) is 90.7 Å². The number of para-hydroxylation sites is 2. The van der Waals surface area contributed by atoms with Crippen LogP contribution < -0.4 is 15.7 Å². The fourth-order valence-electron chi connectivity index (χ4n) is 4.60. The normalized spacial score (nSPS) is 11.6. The van der Waals surface area contributed by atoms with Crippen LogP contribution in [0.2, 0.25) is 13.1 Å². The summed E-state index contributed by atoms with van der Waals surface area (Å²) in [5.41, 5.74) is 4.91. The molecule has 168 valence electrons. The van der Waals surface area contributed by atoms with Gasteiger partial charge in [0.15, 0.2) is 0 Å². The van der Waals surface area contributed by atoms with Crippen molar-refractivity contribution in [2.24, 2.45) is 0 Å². The van der Waals surface area contributed by atoms with Crippen LogP contribution in [0.15, 0.2) is 109 Å². The number of nitrogens with zero attached hydrogens (tertiary/aromatic N) is 1. The Morgan fingerprint density at radius 2 is 1.21 bits per heavy atom. The number of carbonyl (C=O) groups is 1. The lowest BCUT2D eigenvalue weighted by atomic mass is 10.2. The highest BCUT2D eigenvalue weighted by atomic mass is 28.3. The third-order valence-electron chi connectivity index (χ3n) is 6.68. The maximum absolute atomic E-state index is 11.9. The van der Waals surface area contributed by atoms with Crippen molar-refractivity contribution in [2.75, 3.05) is 5.32 Å². The predicted molar refractivity (Wildman–Crippen MR) is 147 cm³/mol. The molecule has 4 aromatic carbocycles. The van der Waals surface area contributed by atoms with Gasteiger partial charge in [0.1, 0.15) is 8.07 Å². The Labute approximate surface area is 201 Å². The Morgan fingerprint density at radius 3 is 1.71 bits per heavy atom. The van der Waals surface area contributed by atoms with Crippen LogP contribution in [-0.2, 0) is 4.79 Å². The first-order chi connectivity index (χ1) is 16.4. The summed E-state index contributed by atoms with van der Waals surface area (Å²) in [6, 6.07) is 34.5. The van der Waals surface area contributed by atoms with E-state index in [2.05, 4.69) is 114 Å². The monoisotopic (exact) mass is 460 g/mol. The number of benzene rings is 4. The van der Waals surface area contributed by atoms with Crippen LogP contribution in [0.3, 0.4) is 0 Å². The predicted octanol–water partition coefficient (Wildman–Crippen LogP) is 6.12. The number of amides is 1. The fourth-order valence-corrected chi connectivity index (χ4v) is 6.94. The van der Waals surface area contributed by atoms with Crippen LogP contribution in [0.5, 0.6) is 0 Å². The average molecular weight is 461 g/mol. The van der Waals surface area contributed by atoms with E-state index in [9.17, 15) is 4.79 Å². The largest absolute Gasteiger partial charge is 0.322 e. The molecular formula is C30H28N2OSi. The summed E-state index contributed by atoms with van der Waals surface area (Å²) >= 11 is 0. The number of hydrogen-bond acceptors (Lipinski definition) is 1. The van der Waals surface area contributed by atoms with Crippen LogP contribution >= 0.6 is 0 Å². The van der Waals surface area contributed by atoms with Crippen molar-refractivity contribution < 1.29 is 4.79 Å². The molecule has 0 saturated heterocycles. The summed E-state index contributed by atoms with van der Waals surface area (Å²) in [7, 11) is -1.89. The molecule has 1 amide bonds. The van der Waals surface area contributed by atoms with Crippen LogP contribution in [0.4, 0.5) is 5.69 Å². The maximum atomic E-state index is 11.9. The van der Waals surface area contributed by atoms with E-state index in [-0.39, 0.29) is 5.91 Å². The quantitative estimate of drug-likeness (QED) is 0.249. The number of rotatable bonds is 5. The second-order valence-electron chi connectivity index (χ2n) is 9.35. The molecule has 1 N–H and O–H groups in total. The first-order valence-electron chi connectivity index (χ1n) is 11.5. The van der Waals surface area contributed by atoms with Crippen molar-refractivity contribution in [1.29, 1.82) is 0 Å². The third-order valence-corrected chi connectivity index (χ3v) is 10.2. The maximum Gasteiger partial charge on any atom is 0.250 e. The Bertz CT molecular complexity index is 1470. The van der Waals surface area contributed by atoms with Crippen molar-refractivity contribution in [3.05, 3.63) is 109 Å². The summed E-state index contributed by atoms with van der Waals surface area (Å²) in [4.78, 5) is 11.9. The third kappa shape index (κ3) is 3.76. The lowest BCUT2D eigenvalue weighted by Gasteiger charge is -2.24. The van der Waals surface area contributed by atoms with E-state index in [0.717, 1.165) is 5.69 Å². The van der Waals surface area contributed by atoms with Crippen molar-refractivity contribution in [1.82, 2.24) is 4.57 Å². The summed E-state index contributed by atoms with van der Waals surface area (Å²) in [5.74, 6) is -0.148. The number of fused-ring (bicyclic) bond motifs is 3. The summed E-state index contributed by atoms with van der Waals surface area (Å²) in [5, 5.41) is 8.13. The summed E-state index contributed by atoms with van der Waals surface area (Å²) < 4.78 is 2.35. The van der Waals surface area contributed by atoms with E-state index in [1.165, 1.54) is 37.9 Å². The number of carbonyl (C=O) groups excluding carboxylic acids is 1. The minimum atomic E-state index is -1.89. The molecule has 0 saturated carbocycles. The average Bonchev–Trinajstić information content (AvgIpc) is 3.19. The number of hydrogen-bond donors (Lipinski definition) is 1. The smallest absolute Gasteiger partial charge is 0.250 e. The van der Waals surface area contributed by atoms with E-state index in [0.29, 0.717) is 5.57 Å². The van der Waals surface area contributed by atoms with Gasteiger partial charge in [-0.2, -0.15) is 0 Å². The zero-order chi connectivity index (χ0) is 23.9. The SMILES string of the molecule is C=C(C)C(=O)Nc1ccc([Si](C)(C)c2ccc(-n3c4ccccc4c4ccccc43)cc2)cc1. The second-order valence-corrected chi connectivity index (χ2v) is 13.8. The van der Waals surface area contributed by atoms with Gasteiger partial charge in [0, 0.05) is 27.7 Å². The molecule has 0 radical (unpaired) electrons. The van der Waals surface area contributed by atoms with Gasteiger partial charge in [-0.3, -0.25) is 4.79 Å². The molecule has 0 atom stereocenters. The van der Waals surface area contributed by atoms with Crippen LogP contribution in [-0.4, -0.2) is 18.5 Å². The molecule has 0 spiro atoms. The van der Waals surface area contributed by atoms with Gasteiger partial charge in [-0.25, -0.2) is 0 Å². The Hall–Kier alpha value is -3.89. The van der Waals surface area contributed by atoms with E-state index >= 15 is 0 Å². The standard InChI is InChI=1S/C30H28N2OSi/c1-21(2)30(33)31-22-13-17-24(18-14-22)34(3,4)25-19-15-23(16-20-25)32-28-11-7-5-9-26(28)27-10-6-8-12-29(27)32/h5-20H,1H2,2-4H3,(H,31,33). The number of nitrogens with one attached hydrogen (secondary N) is 1. The first kappa shape index (κ1) is 21.9. The molecule has 4 heteroatoms. The van der Waals surface area contributed by atoms with Gasteiger partial charge < -0.3 is 9.88 Å². The molecule has 0 bridgehead atoms. The van der Waals surface area contributed by atoms with Crippen molar-refractivity contribution >= 4 is 51.8 Å². The molecule has 0 aliphatic rings. The van der Waals surface area contributed by atoms with E-state index in [4.69, 9.17) is 0 Å². The van der Waals surface area contributed by atoms with Crippen LogP contribution in [0.25, 0.3) is 27.5 Å². The molecule has 34 heavy (non-hydrogen) atoms. The summed E-state index contributed by atoms with van der Waals surface area (Å²) in [6.07, 6.45) is 0. The van der Waals surface area contributed by atoms with Crippen molar-refractivity contribution in [2.45, 2.75) is 20.0 Å². The molecule has 1 heterocycles. The molecule has 0 unspecified atom stereocenters. The highest BCUT2D eigenvalue weighted by Crippen LogP contribution is 2.31. The van der Waals surface area contributed by atoms with E-state index in [1.807, 2.05) is 12.1 Å². The minimum absolute atomic E-state index is 0.148. The topological polar surface area (TPSA) is 34.0 Å². The van der Waals surface area contributed by atoms with Gasteiger partial charge in [0.2, 0.25) is 0 Å². The minimum Gasteiger partial charge on any atom is -0.322 e. The van der Waals surface area contributed by atoms with E-state index in [1.54, 1.807) is 6.92 Å². The molecular weight excluding hydrogens is 432 g/mol. The molecule has 0 aliphatic carbocycles. The van der Waals surface area contributed by atoms with E-state index < -0.39 is 8.07 Å². The lowest BCUT2D eigenvalue weighted by Crippen LogP contribution is -2.52. The second kappa shape index (κ2) is 8.47. The van der Waals surface area contributed by atoms with Gasteiger partial charge >= 0.3 is 0 Å². The van der Waals surface area contributed by atoms with Crippen LogP contribution in [0.1, 0.15) is 6.92 Å².